The van der Waals surface area contributed by atoms with Crippen LogP contribution in [0.3, 0.4) is 0 Å². The molecule has 2 N–H and O–H groups in total. The molecule has 0 aliphatic heterocycles. The molecule has 9 nitrogen and oxygen atoms in total. The highest BCUT2D eigenvalue weighted by Gasteiger charge is 2.26. The lowest BCUT2D eigenvalue weighted by Crippen LogP contribution is -2.38. The lowest BCUT2D eigenvalue weighted by atomic mass is 10.2. The Hall–Kier alpha value is -3.10. The van der Waals surface area contributed by atoms with Gasteiger partial charge in [-0.3, -0.25) is 14.4 Å². The maximum atomic E-state index is 12.0. The Balaban J connectivity index is 2.01. The molecule has 28 heavy (non-hydrogen) atoms. The van der Waals surface area contributed by atoms with E-state index in [-0.39, 0.29) is 11.9 Å². The molecule has 2 rings (SSSR count). The van der Waals surface area contributed by atoms with Crippen LogP contribution in [0.1, 0.15) is 32.3 Å². The van der Waals surface area contributed by atoms with Crippen LogP contribution in [-0.4, -0.2) is 61.7 Å². The summed E-state index contributed by atoms with van der Waals surface area (Å²) >= 11 is 0. The number of nitrogens with one attached hydrogen (secondary N) is 2. The predicted molar refractivity (Wildman–Crippen MR) is 103 cm³/mol. The largest absolute Gasteiger partial charge is 0.490 e. The number of carbonyl (C=O) groups is 3. The summed E-state index contributed by atoms with van der Waals surface area (Å²) < 4.78 is 11.3. The predicted octanol–water partition coefficient (Wildman–Crippen LogP) is 0.670. The van der Waals surface area contributed by atoms with Crippen molar-refractivity contribution in [2.24, 2.45) is 5.10 Å². The minimum absolute atomic E-state index is 0.102. The number of hydrogen-bond donors (Lipinski definition) is 2. The van der Waals surface area contributed by atoms with Crippen molar-refractivity contribution >= 4 is 23.9 Å². The second-order valence-electron chi connectivity index (χ2n) is 6.58. The molecule has 0 bridgehead atoms. The second kappa shape index (κ2) is 9.72. The molecule has 1 atom stereocenters. The van der Waals surface area contributed by atoms with E-state index in [2.05, 4.69) is 15.8 Å². The molecule has 0 spiro atoms. The van der Waals surface area contributed by atoms with Gasteiger partial charge in [0.1, 0.15) is 0 Å². The molecule has 1 fully saturated rings. The van der Waals surface area contributed by atoms with Gasteiger partial charge in [-0.25, -0.2) is 5.43 Å². The molecule has 0 unspecified atom stereocenters. The molecule has 0 radical (unpaired) electrons. The van der Waals surface area contributed by atoms with Gasteiger partial charge in [-0.15, -0.1) is 0 Å². The third-order valence-electron chi connectivity index (χ3n) is 3.86. The fourth-order valence-electron chi connectivity index (χ4n) is 2.27. The molecule has 0 aromatic heterocycles. The van der Waals surface area contributed by atoms with Crippen molar-refractivity contribution < 1.29 is 23.9 Å². The average molecular weight is 390 g/mol. The summed E-state index contributed by atoms with van der Waals surface area (Å²) in [5.41, 5.74) is 2.82. The number of rotatable bonds is 8. The quantitative estimate of drug-likeness (QED) is 0.385. The van der Waals surface area contributed by atoms with Crippen molar-refractivity contribution in [2.75, 3.05) is 20.7 Å². The zero-order chi connectivity index (χ0) is 20.7. The Morgan fingerprint density at radius 1 is 1.25 bits per heavy atom. The smallest absolute Gasteiger partial charge is 0.329 e. The molecule has 1 aliphatic rings. The Morgan fingerprint density at radius 2 is 1.96 bits per heavy atom. The Bertz CT molecular complexity index is 759. The lowest BCUT2D eigenvalue weighted by molar-refractivity contribution is -0.139. The minimum atomic E-state index is -0.816. The van der Waals surface area contributed by atoms with E-state index in [0.29, 0.717) is 23.7 Å². The van der Waals surface area contributed by atoms with Crippen LogP contribution >= 0.6 is 0 Å². The summed E-state index contributed by atoms with van der Waals surface area (Å²) in [5, 5.41) is 6.37. The van der Waals surface area contributed by atoms with E-state index in [1.807, 2.05) is 6.92 Å². The van der Waals surface area contributed by atoms with Crippen molar-refractivity contribution in [1.29, 1.82) is 0 Å². The van der Waals surface area contributed by atoms with E-state index >= 15 is 0 Å². The molecule has 3 amide bonds. The lowest BCUT2D eigenvalue weighted by Gasteiger charge is -2.20. The zero-order valence-corrected chi connectivity index (χ0v) is 16.5. The highest BCUT2D eigenvalue weighted by atomic mass is 16.5. The monoisotopic (exact) mass is 390 g/mol. The fraction of sp³-hybridized carbons (Fsp3) is 0.474. The SMILES string of the molecule is CCOc1cc(/C=N\NC(=O)C(=O)NC2CC2)ccc1O[C@H](C)C(=O)N(C)C. The third-order valence-corrected chi connectivity index (χ3v) is 3.86. The number of nitrogens with zero attached hydrogens (tertiary/aromatic N) is 2. The van der Waals surface area contributed by atoms with Crippen LogP contribution in [0.15, 0.2) is 23.3 Å². The van der Waals surface area contributed by atoms with Gasteiger partial charge in [0, 0.05) is 20.1 Å². The topological polar surface area (TPSA) is 109 Å². The molecular formula is C19H26N4O5. The van der Waals surface area contributed by atoms with Crippen LogP contribution in [0.5, 0.6) is 11.5 Å². The summed E-state index contributed by atoms with van der Waals surface area (Å²) in [6, 6.07) is 5.13. The zero-order valence-electron chi connectivity index (χ0n) is 16.5. The molecular weight excluding hydrogens is 364 g/mol. The van der Waals surface area contributed by atoms with Crippen molar-refractivity contribution in [3.63, 3.8) is 0 Å². The number of hydrogen-bond acceptors (Lipinski definition) is 6. The van der Waals surface area contributed by atoms with Crippen molar-refractivity contribution in [3.8, 4) is 11.5 Å². The molecule has 1 aromatic rings. The van der Waals surface area contributed by atoms with Crippen LogP contribution in [0.25, 0.3) is 0 Å². The van der Waals surface area contributed by atoms with E-state index in [1.165, 1.54) is 11.1 Å². The van der Waals surface area contributed by atoms with Gasteiger partial charge in [0.25, 0.3) is 5.91 Å². The molecule has 0 saturated heterocycles. The van der Waals surface area contributed by atoms with Crippen LogP contribution in [-0.2, 0) is 14.4 Å². The normalized spacial score (nSPS) is 14.3. The van der Waals surface area contributed by atoms with Gasteiger partial charge in [0.05, 0.1) is 12.8 Å². The van der Waals surface area contributed by atoms with Crippen molar-refractivity contribution in [1.82, 2.24) is 15.6 Å². The number of hydrazone groups is 1. The Kier molecular flexibility index (Phi) is 7.36. The standard InChI is InChI=1S/C19H26N4O5/c1-5-27-16-10-13(6-9-15(16)28-12(2)19(26)23(3)4)11-20-22-18(25)17(24)21-14-7-8-14/h6,9-12,14H,5,7-8H2,1-4H3,(H,21,24)(H,22,25)/b20-11-/t12-/m1/s1. The number of amides is 3. The van der Waals surface area contributed by atoms with E-state index < -0.39 is 17.9 Å². The average Bonchev–Trinajstić information content (AvgIpc) is 3.46. The van der Waals surface area contributed by atoms with E-state index in [9.17, 15) is 14.4 Å². The molecule has 0 heterocycles. The molecule has 1 aromatic carbocycles. The number of ether oxygens (including phenoxy) is 2. The first kappa shape index (κ1) is 21.2. The molecule has 1 aliphatic carbocycles. The van der Waals surface area contributed by atoms with Gasteiger partial charge >= 0.3 is 11.8 Å². The summed E-state index contributed by atoms with van der Waals surface area (Å²) in [4.78, 5) is 36.6. The maximum absolute atomic E-state index is 12.0. The summed E-state index contributed by atoms with van der Waals surface area (Å²) in [6.45, 7) is 3.90. The van der Waals surface area contributed by atoms with Crippen LogP contribution < -0.4 is 20.2 Å². The highest BCUT2D eigenvalue weighted by molar-refractivity contribution is 6.35. The van der Waals surface area contributed by atoms with Gasteiger partial charge in [-0.05, 0) is 50.5 Å². The Labute approximate surface area is 164 Å². The van der Waals surface area contributed by atoms with Crippen LogP contribution in [0.4, 0.5) is 0 Å². The third kappa shape index (κ3) is 6.26. The summed E-state index contributed by atoms with van der Waals surface area (Å²) in [7, 11) is 3.31. The summed E-state index contributed by atoms with van der Waals surface area (Å²) in [6.07, 6.45) is 2.52. The number of benzene rings is 1. The number of carbonyl (C=O) groups excluding carboxylic acids is 3. The van der Waals surface area contributed by atoms with Gasteiger partial charge in [-0.2, -0.15) is 5.10 Å². The van der Waals surface area contributed by atoms with Gasteiger partial charge in [-0.1, -0.05) is 0 Å². The van der Waals surface area contributed by atoms with E-state index in [0.717, 1.165) is 12.8 Å². The maximum Gasteiger partial charge on any atom is 0.329 e. The van der Waals surface area contributed by atoms with Crippen LogP contribution in [0, 0.1) is 0 Å². The van der Waals surface area contributed by atoms with Gasteiger partial charge < -0.3 is 19.7 Å². The first-order valence-corrected chi connectivity index (χ1v) is 9.10. The van der Waals surface area contributed by atoms with Crippen molar-refractivity contribution in [2.45, 2.75) is 38.8 Å². The molecule has 1 saturated carbocycles. The van der Waals surface area contributed by atoms with Crippen molar-refractivity contribution in [3.05, 3.63) is 23.8 Å². The molecule has 152 valence electrons. The minimum Gasteiger partial charge on any atom is -0.490 e. The van der Waals surface area contributed by atoms with Gasteiger partial charge in [0.2, 0.25) is 0 Å². The molecule has 9 heteroatoms. The summed E-state index contributed by atoms with van der Waals surface area (Å²) in [5.74, 6) is -0.806. The second-order valence-corrected chi connectivity index (χ2v) is 6.58. The van der Waals surface area contributed by atoms with E-state index in [4.69, 9.17) is 9.47 Å². The first-order valence-electron chi connectivity index (χ1n) is 9.10. The van der Waals surface area contributed by atoms with E-state index in [1.54, 1.807) is 39.2 Å². The first-order chi connectivity index (χ1) is 13.3. The highest BCUT2D eigenvalue weighted by Crippen LogP contribution is 2.29. The van der Waals surface area contributed by atoms with Gasteiger partial charge in [0.15, 0.2) is 17.6 Å². The Morgan fingerprint density at radius 3 is 2.57 bits per heavy atom. The fourth-order valence-corrected chi connectivity index (χ4v) is 2.27. The van der Waals surface area contributed by atoms with Crippen LogP contribution in [0.2, 0.25) is 0 Å². The number of likely N-dealkylation sites (N-methyl/N-ethyl adjacent to an activating group) is 1.